The first-order valence-corrected chi connectivity index (χ1v) is 8.59. The number of carbonyl (C=O) groups is 1. The maximum absolute atomic E-state index is 12.4. The summed E-state index contributed by atoms with van der Waals surface area (Å²) in [6, 6.07) is 12.8. The first-order chi connectivity index (χ1) is 11.7. The Kier molecular flexibility index (Phi) is 4.96. The Balaban J connectivity index is 1.78. The molecule has 0 aliphatic carbocycles. The second kappa shape index (κ2) is 7.31. The molecular weight excluding hydrogens is 324 g/mol. The van der Waals surface area contributed by atoms with Gasteiger partial charge < -0.3 is 9.47 Å². The molecule has 3 aromatic rings. The van der Waals surface area contributed by atoms with Crippen LogP contribution in [-0.4, -0.2) is 24.1 Å². The number of thiazole rings is 1. The van der Waals surface area contributed by atoms with E-state index in [4.69, 9.17) is 9.47 Å². The van der Waals surface area contributed by atoms with Crippen LogP contribution in [0.25, 0.3) is 10.2 Å². The average molecular weight is 342 g/mol. The predicted octanol–water partition coefficient (Wildman–Crippen LogP) is 4.35. The molecule has 0 fully saturated rings. The third-order valence-electron chi connectivity index (χ3n) is 3.30. The molecule has 0 unspecified atom stereocenters. The van der Waals surface area contributed by atoms with Crippen LogP contribution in [-0.2, 0) is 0 Å². The zero-order chi connectivity index (χ0) is 16.9. The normalized spacial score (nSPS) is 10.6. The molecule has 3 rings (SSSR count). The summed E-state index contributed by atoms with van der Waals surface area (Å²) in [5, 5.41) is 3.40. The van der Waals surface area contributed by atoms with E-state index in [1.807, 2.05) is 38.1 Å². The van der Waals surface area contributed by atoms with Gasteiger partial charge in [-0.3, -0.25) is 10.1 Å². The number of hydrogen-bond donors (Lipinski definition) is 1. The highest BCUT2D eigenvalue weighted by Crippen LogP contribution is 2.29. The molecule has 1 aromatic heterocycles. The van der Waals surface area contributed by atoms with Crippen molar-refractivity contribution in [3.8, 4) is 11.5 Å². The molecule has 6 heteroatoms. The molecule has 0 bridgehead atoms. The molecule has 0 saturated carbocycles. The standard InChI is InChI=1S/C18H18N2O3S/c1-3-22-13-7-5-6-12(10-13)17(21)20-18-19-15-9-8-14(23-4-2)11-16(15)24-18/h5-11H,3-4H2,1-2H3,(H,19,20,21). The van der Waals surface area contributed by atoms with Crippen molar-refractivity contribution in [1.29, 1.82) is 0 Å². The van der Waals surface area contributed by atoms with Gasteiger partial charge in [0.2, 0.25) is 0 Å². The first-order valence-electron chi connectivity index (χ1n) is 7.77. The van der Waals surface area contributed by atoms with Gasteiger partial charge >= 0.3 is 0 Å². The minimum atomic E-state index is -0.208. The SMILES string of the molecule is CCOc1cccc(C(=O)Nc2nc3ccc(OCC)cc3s2)c1. The Morgan fingerprint density at radius 2 is 1.83 bits per heavy atom. The van der Waals surface area contributed by atoms with Gasteiger partial charge in [-0.05, 0) is 50.2 Å². The number of carbonyl (C=O) groups excluding carboxylic acids is 1. The Morgan fingerprint density at radius 3 is 2.58 bits per heavy atom. The minimum absolute atomic E-state index is 0.208. The Labute approximate surface area is 144 Å². The van der Waals surface area contributed by atoms with E-state index in [1.165, 1.54) is 11.3 Å². The highest BCUT2D eigenvalue weighted by atomic mass is 32.1. The summed E-state index contributed by atoms with van der Waals surface area (Å²) in [6.07, 6.45) is 0. The van der Waals surface area contributed by atoms with Crippen LogP contribution in [0.2, 0.25) is 0 Å². The molecule has 5 nitrogen and oxygen atoms in total. The zero-order valence-corrected chi connectivity index (χ0v) is 14.4. The molecule has 2 aromatic carbocycles. The van der Waals surface area contributed by atoms with E-state index in [0.717, 1.165) is 16.0 Å². The van der Waals surface area contributed by atoms with Crippen LogP contribution < -0.4 is 14.8 Å². The topological polar surface area (TPSA) is 60.5 Å². The summed E-state index contributed by atoms with van der Waals surface area (Å²) in [7, 11) is 0. The van der Waals surface area contributed by atoms with Crippen molar-refractivity contribution in [2.45, 2.75) is 13.8 Å². The molecule has 0 radical (unpaired) electrons. The van der Waals surface area contributed by atoms with Crippen molar-refractivity contribution in [3.63, 3.8) is 0 Å². The number of hydrogen-bond acceptors (Lipinski definition) is 5. The summed E-state index contributed by atoms with van der Waals surface area (Å²) >= 11 is 1.42. The number of benzene rings is 2. The number of anilines is 1. The first kappa shape index (κ1) is 16.3. The number of fused-ring (bicyclic) bond motifs is 1. The third-order valence-corrected chi connectivity index (χ3v) is 4.23. The van der Waals surface area contributed by atoms with Gasteiger partial charge in [0.25, 0.3) is 5.91 Å². The summed E-state index contributed by atoms with van der Waals surface area (Å²) in [4.78, 5) is 16.8. The molecule has 0 spiro atoms. The highest BCUT2D eigenvalue weighted by molar-refractivity contribution is 7.22. The number of ether oxygens (including phenoxy) is 2. The second-order valence-corrected chi connectivity index (χ2v) is 6.03. The Morgan fingerprint density at radius 1 is 1.08 bits per heavy atom. The molecule has 0 aliphatic heterocycles. The van der Waals surface area contributed by atoms with E-state index in [0.29, 0.717) is 29.7 Å². The maximum atomic E-state index is 12.4. The van der Waals surface area contributed by atoms with Crippen molar-refractivity contribution in [2.24, 2.45) is 0 Å². The number of nitrogens with zero attached hydrogens (tertiary/aromatic N) is 1. The summed E-state index contributed by atoms with van der Waals surface area (Å²) in [5.74, 6) is 1.27. The van der Waals surface area contributed by atoms with Gasteiger partial charge in [0, 0.05) is 5.56 Å². The number of amides is 1. The van der Waals surface area contributed by atoms with E-state index in [2.05, 4.69) is 10.3 Å². The average Bonchev–Trinajstić information content (AvgIpc) is 2.97. The lowest BCUT2D eigenvalue weighted by atomic mass is 10.2. The van der Waals surface area contributed by atoms with Crippen LogP contribution in [0.4, 0.5) is 5.13 Å². The van der Waals surface area contributed by atoms with Crippen molar-refractivity contribution in [2.75, 3.05) is 18.5 Å². The molecule has 0 atom stereocenters. The van der Waals surface area contributed by atoms with Gasteiger partial charge in [0.05, 0.1) is 23.4 Å². The van der Waals surface area contributed by atoms with Gasteiger partial charge in [0.1, 0.15) is 11.5 Å². The third kappa shape index (κ3) is 3.65. The molecule has 0 aliphatic rings. The van der Waals surface area contributed by atoms with Crippen LogP contribution in [0.5, 0.6) is 11.5 Å². The number of nitrogens with one attached hydrogen (secondary N) is 1. The number of rotatable bonds is 6. The van der Waals surface area contributed by atoms with Crippen molar-refractivity contribution in [3.05, 3.63) is 48.0 Å². The van der Waals surface area contributed by atoms with Crippen LogP contribution in [0.3, 0.4) is 0 Å². The van der Waals surface area contributed by atoms with Crippen molar-refractivity contribution >= 4 is 32.6 Å². The smallest absolute Gasteiger partial charge is 0.257 e. The molecular formula is C18H18N2O3S. The molecule has 1 heterocycles. The van der Waals surface area contributed by atoms with Gasteiger partial charge in [-0.2, -0.15) is 0 Å². The Hall–Kier alpha value is -2.60. The van der Waals surface area contributed by atoms with Gasteiger partial charge in [-0.15, -0.1) is 0 Å². The van der Waals surface area contributed by atoms with Crippen molar-refractivity contribution < 1.29 is 14.3 Å². The maximum Gasteiger partial charge on any atom is 0.257 e. The molecule has 1 N–H and O–H groups in total. The van der Waals surface area contributed by atoms with E-state index in [9.17, 15) is 4.79 Å². The fraction of sp³-hybridized carbons (Fsp3) is 0.222. The van der Waals surface area contributed by atoms with E-state index < -0.39 is 0 Å². The molecule has 24 heavy (non-hydrogen) atoms. The second-order valence-electron chi connectivity index (χ2n) is 5.00. The summed E-state index contributed by atoms with van der Waals surface area (Å²) in [6.45, 7) is 5.03. The quantitative estimate of drug-likeness (QED) is 0.723. The van der Waals surface area contributed by atoms with E-state index in [-0.39, 0.29) is 5.91 Å². The molecule has 1 amide bonds. The van der Waals surface area contributed by atoms with Gasteiger partial charge in [-0.1, -0.05) is 17.4 Å². The van der Waals surface area contributed by atoms with E-state index in [1.54, 1.807) is 18.2 Å². The van der Waals surface area contributed by atoms with Crippen LogP contribution in [0.15, 0.2) is 42.5 Å². The van der Waals surface area contributed by atoms with Crippen LogP contribution in [0.1, 0.15) is 24.2 Å². The predicted molar refractivity (Wildman–Crippen MR) is 96.4 cm³/mol. The van der Waals surface area contributed by atoms with Gasteiger partial charge in [-0.25, -0.2) is 4.98 Å². The largest absolute Gasteiger partial charge is 0.494 e. The highest BCUT2D eigenvalue weighted by Gasteiger charge is 2.11. The van der Waals surface area contributed by atoms with Crippen LogP contribution >= 0.6 is 11.3 Å². The summed E-state index contributed by atoms with van der Waals surface area (Å²) in [5.41, 5.74) is 1.37. The van der Waals surface area contributed by atoms with Crippen LogP contribution in [0, 0.1) is 0 Å². The fourth-order valence-electron chi connectivity index (χ4n) is 2.28. The van der Waals surface area contributed by atoms with E-state index >= 15 is 0 Å². The molecule has 0 saturated heterocycles. The lowest BCUT2D eigenvalue weighted by Crippen LogP contribution is -2.11. The molecule has 124 valence electrons. The zero-order valence-electron chi connectivity index (χ0n) is 13.5. The lowest BCUT2D eigenvalue weighted by Gasteiger charge is -2.05. The van der Waals surface area contributed by atoms with Gasteiger partial charge in [0.15, 0.2) is 5.13 Å². The minimum Gasteiger partial charge on any atom is -0.494 e. The lowest BCUT2D eigenvalue weighted by molar-refractivity contribution is 0.102. The monoisotopic (exact) mass is 342 g/mol. The number of aromatic nitrogens is 1. The Bertz CT molecular complexity index is 860. The summed E-state index contributed by atoms with van der Waals surface area (Å²) < 4.78 is 11.9. The fourth-order valence-corrected chi connectivity index (χ4v) is 3.17. The van der Waals surface area contributed by atoms with Crippen molar-refractivity contribution in [1.82, 2.24) is 4.98 Å².